The summed E-state index contributed by atoms with van der Waals surface area (Å²) >= 11 is 0. The summed E-state index contributed by atoms with van der Waals surface area (Å²) in [5.74, 6) is 0.303. The molecule has 8 heteroatoms. The van der Waals surface area contributed by atoms with E-state index in [2.05, 4.69) is 6.07 Å². The van der Waals surface area contributed by atoms with Crippen molar-refractivity contribution >= 4 is 17.7 Å². The Labute approximate surface area is 170 Å². The van der Waals surface area contributed by atoms with E-state index in [1.165, 1.54) is 4.90 Å². The summed E-state index contributed by atoms with van der Waals surface area (Å²) in [6.45, 7) is 6.22. The van der Waals surface area contributed by atoms with Gasteiger partial charge in [-0.05, 0) is 42.9 Å². The van der Waals surface area contributed by atoms with E-state index in [9.17, 15) is 25.1 Å². The second-order valence-electron chi connectivity index (χ2n) is 8.75. The Morgan fingerprint density at radius 2 is 2.14 bits per heavy atom. The van der Waals surface area contributed by atoms with Crippen LogP contribution >= 0.6 is 0 Å². The fourth-order valence-electron chi connectivity index (χ4n) is 4.51. The van der Waals surface area contributed by atoms with Gasteiger partial charge in [-0.15, -0.1) is 0 Å². The van der Waals surface area contributed by atoms with Crippen molar-refractivity contribution in [1.82, 2.24) is 4.90 Å². The number of ether oxygens (including phenoxy) is 1. The largest absolute Gasteiger partial charge is 0.482 e. The summed E-state index contributed by atoms with van der Waals surface area (Å²) in [6, 6.07) is 7.00. The maximum atomic E-state index is 12.6. The van der Waals surface area contributed by atoms with Gasteiger partial charge in [-0.1, -0.05) is 20.8 Å². The van der Waals surface area contributed by atoms with E-state index in [1.54, 1.807) is 23.1 Å². The molecule has 2 aliphatic rings. The van der Waals surface area contributed by atoms with Crippen LogP contribution in [-0.2, 0) is 4.79 Å². The number of anilines is 1. The van der Waals surface area contributed by atoms with Gasteiger partial charge in [0.1, 0.15) is 5.75 Å². The predicted octanol–water partition coefficient (Wildman–Crippen LogP) is 2.59. The highest BCUT2D eigenvalue weighted by atomic mass is 16.5. The van der Waals surface area contributed by atoms with Crippen LogP contribution in [0.1, 0.15) is 45.6 Å². The molecule has 3 rings (SSSR count). The van der Waals surface area contributed by atoms with Crippen molar-refractivity contribution in [2.24, 2.45) is 5.41 Å². The summed E-state index contributed by atoms with van der Waals surface area (Å²) < 4.78 is 5.48. The first-order chi connectivity index (χ1) is 13.6. The second-order valence-corrected chi connectivity index (χ2v) is 8.75. The lowest BCUT2D eigenvalue weighted by atomic mass is 9.65. The number of aliphatic hydroxyl groups is 1. The molecule has 2 aliphatic heterocycles. The van der Waals surface area contributed by atoms with Crippen molar-refractivity contribution in [3.05, 3.63) is 23.8 Å². The van der Waals surface area contributed by atoms with Gasteiger partial charge in [0.15, 0.2) is 6.61 Å². The third-order valence-electron chi connectivity index (χ3n) is 6.21. The number of hydrogen-bond acceptors (Lipinski definition) is 5. The molecule has 2 atom stereocenters. The molecule has 0 spiro atoms. The molecule has 1 saturated heterocycles. The SMILES string of the molecule is CC(C)(C)[C@]1(CCN2C(=O)COc3ccc(C#N)cc32)CC[C@@H](O)CN1C(=O)O. The number of likely N-dealkylation sites (tertiary alicyclic amines) is 1. The predicted molar refractivity (Wildman–Crippen MR) is 106 cm³/mol. The number of aliphatic hydroxyl groups excluding tert-OH is 1. The van der Waals surface area contributed by atoms with E-state index in [4.69, 9.17) is 4.74 Å². The smallest absolute Gasteiger partial charge is 0.407 e. The number of benzene rings is 1. The number of nitrogens with zero attached hydrogens (tertiary/aromatic N) is 3. The molecule has 2 N–H and O–H groups in total. The standard InChI is InChI=1S/C21H27N3O5/c1-20(2,3)21(7-6-15(25)12-24(21)19(27)28)8-9-23-16-10-14(11-22)4-5-17(16)29-13-18(23)26/h4-5,10,15,25H,6-9,12-13H2,1-3H3,(H,27,28)/t15-,21-/m1/s1. The average Bonchev–Trinajstić information content (AvgIpc) is 2.66. The number of amides is 2. The fourth-order valence-corrected chi connectivity index (χ4v) is 4.51. The average molecular weight is 401 g/mol. The quantitative estimate of drug-likeness (QED) is 0.805. The van der Waals surface area contributed by atoms with Crippen molar-refractivity contribution in [2.75, 3.05) is 24.6 Å². The van der Waals surface area contributed by atoms with Crippen molar-refractivity contribution in [1.29, 1.82) is 5.26 Å². The monoisotopic (exact) mass is 401 g/mol. The summed E-state index contributed by atoms with van der Waals surface area (Å²) in [5.41, 5.74) is -0.186. The molecule has 0 bridgehead atoms. The summed E-state index contributed by atoms with van der Waals surface area (Å²) in [5, 5.41) is 29.1. The Morgan fingerprint density at radius 1 is 1.41 bits per heavy atom. The lowest BCUT2D eigenvalue weighted by molar-refractivity contribution is -0.121. The molecule has 0 saturated carbocycles. The Hall–Kier alpha value is -2.79. The number of rotatable bonds is 3. The highest BCUT2D eigenvalue weighted by Crippen LogP contribution is 2.46. The molecule has 1 aromatic carbocycles. The van der Waals surface area contributed by atoms with E-state index in [1.807, 2.05) is 20.8 Å². The lowest BCUT2D eigenvalue weighted by Gasteiger charge is -2.55. The van der Waals surface area contributed by atoms with Gasteiger partial charge in [0, 0.05) is 6.54 Å². The molecule has 8 nitrogen and oxygen atoms in total. The van der Waals surface area contributed by atoms with E-state index < -0.39 is 23.2 Å². The summed E-state index contributed by atoms with van der Waals surface area (Å²) in [4.78, 5) is 27.6. The van der Waals surface area contributed by atoms with Crippen LogP contribution in [0.15, 0.2) is 18.2 Å². The molecule has 0 radical (unpaired) electrons. The maximum absolute atomic E-state index is 12.6. The Kier molecular flexibility index (Phi) is 5.46. The number of piperidine rings is 1. The third-order valence-corrected chi connectivity index (χ3v) is 6.21. The molecule has 156 valence electrons. The summed E-state index contributed by atoms with van der Waals surface area (Å²) in [6.07, 6.45) is -0.331. The lowest BCUT2D eigenvalue weighted by Crippen LogP contribution is -2.64. The van der Waals surface area contributed by atoms with E-state index >= 15 is 0 Å². The van der Waals surface area contributed by atoms with Crippen LogP contribution in [0.3, 0.4) is 0 Å². The minimum absolute atomic E-state index is 0.0544. The molecule has 1 aromatic rings. The molecule has 0 unspecified atom stereocenters. The second kappa shape index (κ2) is 7.56. The van der Waals surface area contributed by atoms with Crippen LogP contribution in [0.25, 0.3) is 0 Å². The highest BCUT2D eigenvalue weighted by molar-refractivity contribution is 5.98. The van der Waals surface area contributed by atoms with Crippen LogP contribution in [0.2, 0.25) is 0 Å². The molecular weight excluding hydrogens is 374 g/mol. The van der Waals surface area contributed by atoms with Gasteiger partial charge in [0.25, 0.3) is 5.91 Å². The third kappa shape index (κ3) is 3.75. The van der Waals surface area contributed by atoms with Gasteiger partial charge in [0.2, 0.25) is 0 Å². The molecule has 0 aromatic heterocycles. The Bertz CT molecular complexity index is 857. The number of nitriles is 1. The zero-order valence-corrected chi connectivity index (χ0v) is 17.0. The molecule has 1 fully saturated rings. The van der Waals surface area contributed by atoms with E-state index in [0.717, 1.165) is 0 Å². The van der Waals surface area contributed by atoms with Crippen LogP contribution in [0.5, 0.6) is 5.75 Å². The maximum Gasteiger partial charge on any atom is 0.407 e. The number of hydrogen-bond donors (Lipinski definition) is 2. The first-order valence-corrected chi connectivity index (χ1v) is 9.75. The van der Waals surface area contributed by atoms with Gasteiger partial charge in [0.05, 0.1) is 35.5 Å². The minimum atomic E-state index is -1.07. The van der Waals surface area contributed by atoms with Crippen LogP contribution in [-0.4, -0.2) is 58.5 Å². The Balaban J connectivity index is 1.94. The van der Waals surface area contributed by atoms with Crippen LogP contribution < -0.4 is 9.64 Å². The zero-order chi connectivity index (χ0) is 21.4. The first-order valence-electron chi connectivity index (χ1n) is 9.75. The van der Waals surface area contributed by atoms with Crippen molar-refractivity contribution < 1.29 is 24.5 Å². The normalized spacial score (nSPS) is 24.5. The van der Waals surface area contributed by atoms with Crippen LogP contribution in [0, 0.1) is 16.7 Å². The van der Waals surface area contributed by atoms with Crippen molar-refractivity contribution in [3.8, 4) is 11.8 Å². The number of carboxylic acid groups (broad SMARTS) is 1. The van der Waals surface area contributed by atoms with Gasteiger partial charge < -0.3 is 19.8 Å². The fraction of sp³-hybridized carbons (Fsp3) is 0.571. The van der Waals surface area contributed by atoms with Gasteiger partial charge >= 0.3 is 6.09 Å². The van der Waals surface area contributed by atoms with Gasteiger partial charge in [-0.3, -0.25) is 9.69 Å². The Morgan fingerprint density at radius 3 is 2.76 bits per heavy atom. The number of carbonyl (C=O) groups excluding carboxylic acids is 1. The number of fused-ring (bicyclic) bond motifs is 1. The highest BCUT2D eigenvalue weighted by Gasteiger charge is 2.51. The topological polar surface area (TPSA) is 114 Å². The molecule has 29 heavy (non-hydrogen) atoms. The minimum Gasteiger partial charge on any atom is -0.482 e. The zero-order valence-electron chi connectivity index (χ0n) is 17.0. The molecule has 0 aliphatic carbocycles. The summed E-state index contributed by atoms with van der Waals surface area (Å²) in [7, 11) is 0. The van der Waals surface area contributed by atoms with E-state index in [0.29, 0.717) is 42.8 Å². The van der Waals surface area contributed by atoms with Crippen molar-refractivity contribution in [3.63, 3.8) is 0 Å². The number of carbonyl (C=O) groups is 2. The first kappa shape index (κ1) is 20.9. The van der Waals surface area contributed by atoms with Gasteiger partial charge in [-0.25, -0.2) is 4.79 Å². The van der Waals surface area contributed by atoms with E-state index in [-0.39, 0.29) is 19.1 Å². The van der Waals surface area contributed by atoms with Gasteiger partial charge in [-0.2, -0.15) is 5.26 Å². The molecule has 2 heterocycles. The molecule has 2 amide bonds. The van der Waals surface area contributed by atoms with Crippen molar-refractivity contribution in [2.45, 2.75) is 51.7 Å². The van der Waals surface area contributed by atoms with Crippen LogP contribution in [0.4, 0.5) is 10.5 Å². The number of β-amino-alcohol motifs (C(OH)–C–C–N with tert-alkyl or cyclic N) is 1. The molecular formula is C21H27N3O5.